The van der Waals surface area contributed by atoms with Gasteiger partial charge in [-0.25, -0.2) is 0 Å². The Hall–Kier alpha value is -0.800. The fourth-order valence-electron chi connectivity index (χ4n) is 1.92. The average Bonchev–Trinajstić information content (AvgIpc) is 2.55. The first-order valence-corrected chi connectivity index (χ1v) is 5.96. The van der Waals surface area contributed by atoms with Crippen LogP contribution in [0.3, 0.4) is 0 Å². The van der Waals surface area contributed by atoms with Crippen LogP contribution in [0.25, 0.3) is 10.9 Å². The molecule has 0 saturated carbocycles. The molecule has 2 nitrogen and oxygen atoms in total. The predicted molar refractivity (Wildman–Crippen MR) is 67.9 cm³/mol. The molecule has 0 bridgehead atoms. The van der Waals surface area contributed by atoms with Gasteiger partial charge < -0.3 is 10.3 Å². The van der Waals surface area contributed by atoms with E-state index in [2.05, 4.69) is 51.8 Å². The van der Waals surface area contributed by atoms with E-state index in [9.17, 15) is 0 Å². The summed E-state index contributed by atoms with van der Waals surface area (Å²) in [6.45, 7) is 5.14. The van der Waals surface area contributed by atoms with Gasteiger partial charge in [-0.3, -0.25) is 0 Å². The maximum absolute atomic E-state index is 5.96. The van der Waals surface area contributed by atoms with Crippen LogP contribution in [0.1, 0.15) is 25.5 Å². The summed E-state index contributed by atoms with van der Waals surface area (Å²) in [5.41, 5.74) is 8.43. The van der Waals surface area contributed by atoms with E-state index in [0.717, 1.165) is 11.0 Å². The largest absolute Gasteiger partial charge is 0.347 e. The number of aromatic nitrogens is 1. The minimum absolute atomic E-state index is 0.0847. The third-order valence-corrected chi connectivity index (χ3v) is 3.20. The van der Waals surface area contributed by atoms with Crippen molar-refractivity contribution in [1.82, 2.24) is 4.57 Å². The second-order valence-electron chi connectivity index (χ2n) is 3.82. The van der Waals surface area contributed by atoms with Crippen molar-refractivity contribution in [2.45, 2.75) is 26.4 Å². The van der Waals surface area contributed by atoms with Crippen LogP contribution in [-0.4, -0.2) is 4.57 Å². The molecule has 0 aliphatic rings. The van der Waals surface area contributed by atoms with Crippen molar-refractivity contribution >= 4 is 26.8 Å². The first-order chi connectivity index (χ1) is 7.13. The van der Waals surface area contributed by atoms with Crippen molar-refractivity contribution in [1.29, 1.82) is 0 Å². The topological polar surface area (TPSA) is 30.9 Å². The fraction of sp³-hybridized carbons (Fsp3) is 0.333. The number of hydrogen-bond donors (Lipinski definition) is 1. The molecule has 0 amide bonds. The maximum atomic E-state index is 5.96. The summed E-state index contributed by atoms with van der Waals surface area (Å²) < 4.78 is 3.35. The summed E-state index contributed by atoms with van der Waals surface area (Å²) in [5.74, 6) is 0. The Morgan fingerprint density at radius 3 is 2.80 bits per heavy atom. The second-order valence-corrected chi connectivity index (χ2v) is 4.74. The third kappa shape index (κ3) is 1.82. The van der Waals surface area contributed by atoms with Crippen molar-refractivity contribution in [2.75, 3.05) is 0 Å². The molecule has 0 aliphatic carbocycles. The smallest absolute Gasteiger partial charge is 0.0494 e. The summed E-state index contributed by atoms with van der Waals surface area (Å²) in [6.07, 6.45) is 2.15. The van der Waals surface area contributed by atoms with E-state index in [1.54, 1.807) is 0 Å². The molecule has 1 heterocycles. The van der Waals surface area contributed by atoms with Crippen molar-refractivity contribution < 1.29 is 0 Å². The van der Waals surface area contributed by atoms with E-state index in [-0.39, 0.29) is 6.04 Å². The van der Waals surface area contributed by atoms with Crippen LogP contribution >= 0.6 is 15.9 Å². The Morgan fingerprint density at radius 1 is 1.47 bits per heavy atom. The first kappa shape index (κ1) is 10.7. The van der Waals surface area contributed by atoms with Gasteiger partial charge in [0.1, 0.15) is 0 Å². The SMILES string of the molecule is CCn1cc(C(C)N)c2ccc(Br)cc21. The van der Waals surface area contributed by atoms with Crippen molar-refractivity contribution in [3.63, 3.8) is 0 Å². The molecule has 2 N–H and O–H groups in total. The summed E-state index contributed by atoms with van der Waals surface area (Å²) in [5, 5.41) is 1.26. The van der Waals surface area contributed by atoms with Crippen LogP contribution < -0.4 is 5.73 Å². The van der Waals surface area contributed by atoms with Gasteiger partial charge in [0, 0.05) is 34.2 Å². The molecular formula is C12H15BrN2. The molecular weight excluding hydrogens is 252 g/mol. The van der Waals surface area contributed by atoms with Gasteiger partial charge in [-0.2, -0.15) is 0 Å². The average molecular weight is 267 g/mol. The predicted octanol–water partition coefficient (Wildman–Crippen LogP) is 3.44. The molecule has 2 aromatic rings. The van der Waals surface area contributed by atoms with E-state index >= 15 is 0 Å². The Morgan fingerprint density at radius 2 is 2.20 bits per heavy atom. The van der Waals surface area contributed by atoms with Crippen LogP contribution in [0, 0.1) is 0 Å². The Bertz CT molecular complexity index is 486. The Kier molecular flexibility index (Phi) is 2.85. The van der Waals surface area contributed by atoms with Gasteiger partial charge in [0.25, 0.3) is 0 Å². The highest BCUT2D eigenvalue weighted by atomic mass is 79.9. The number of halogens is 1. The van der Waals surface area contributed by atoms with E-state index in [1.807, 2.05) is 6.92 Å². The van der Waals surface area contributed by atoms with Crippen molar-refractivity contribution in [2.24, 2.45) is 5.73 Å². The third-order valence-electron chi connectivity index (χ3n) is 2.71. The number of fused-ring (bicyclic) bond motifs is 1. The molecule has 1 unspecified atom stereocenters. The number of nitrogens with zero attached hydrogens (tertiary/aromatic N) is 1. The van der Waals surface area contributed by atoms with Crippen LogP contribution in [0.2, 0.25) is 0 Å². The van der Waals surface area contributed by atoms with Crippen LogP contribution in [0.4, 0.5) is 0 Å². The summed E-state index contributed by atoms with van der Waals surface area (Å²) in [6, 6.07) is 6.42. The highest BCUT2D eigenvalue weighted by Gasteiger charge is 2.10. The molecule has 1 aromatic heterocycles. The van der Waals surface area contributed by atoms with Crippen molar-refractivity contribution in [3.05, 3.63) is 34.4 Å². The normalized spacial score (nSPS) is 13.3. The van der Waals surface area contributed by atoms with E-state index in [1.165, 1.54) is 16.5 Å². The van der Waals surface area contributed by atoms with Crippen LogP contribution in [0.15, 0.2) is 28.9 Å². The van der Waals surface area contributed by atoms with Gasteiger partial charge in [0.15, 0.2) is 0 Å². The number of benzene rings is 1. The number of nitrogens with two attached hydrogens (primary N) is 1. The summed E-state index contributed by atoms with van der Waals surface area (Å²) >= 11 is 3.50. The lowest BCUT2D eigenvalue weighted by Crippen LogP contribution is -2.03. The fourth-order valence-corrected chi connectivity index (χ4v) is 2.27. The number of aryl methyl sites for hydroxylation is 1. The van der Waals surface area contributed by atoms with Gasteiger partial charge in [-0.15, -0.1) is 0 Å². The monoisotopic (exact) mass is 266 g/mol. The minimum Gasteiger partial charge on any atom is -0.347 e. The van der Waals surface area contributed by atoms with Gasteiger partial charge in [0.05, 0.1) is 0 Å². The van der Waals surface area contributed by atoms with Crippen LogP contribution in [-0.2, 0) is 6.54 Å². The Labute approximate surface area is 98.2 Å². The lowest BCUT2D eigenvalue weighted by Gasteiger charge is -2.01. The Balaban J connectivity index is 2.75. The lowest BCUT2D eigenvalue weighted by molar-refractivity contribution is 0.770. The molecule has 2 rings (SSSR count). The van der Waals surface area contributed by atoms with E-state index in [4.69, 9.17) is 5.73 Å². The molecule has 80 valence electrons. The molecule has 0 saturated heterocycles. The molecule has 0 fully saturated rings. The van der Waals surface area contributed by atoms with Gasteiger partial charge in [-0.1, -0.05) is 22.0 Å². The molecule has 1 atom stereocenters. The van der Waals surface area contributed by atoms with E-state index in [0.29, 0.717) is 0 Å². The highest BCUT2D eigenvalue weighted by Crippen LogP contribution is 2.27. The molecule has 0 spiro atoms. The zero-order valence-electron chi connectivity index (χ0n) is 9.00. The quantitative estimate of drug-likeness (QED) is 0.887. The standard InChI is InChI=1S/C12H15BrN2/c1-3-15-7-11(8(2)14)10-5-4-9(13)6-12(10)15/h4-8H,3,14H2,1-2H3. The summed E-state index contributed by atoms with van der Waals surface area (Å²) in [7, 11) is 0. The minimum atomic E-state index is 0.0847. The molecule has 0 aliphatic heterocycles. The van der Waals surface area contributed by atoms with Gasteiger partial charge >= 0.3 is 0 Å². The summed E-state index contributed by atoms with van der Waals surface area (Å²) in [4.78, 5) is 0. The molecule has 0 radical (unpaired) electrons. The first-order valence-electron chi connectivity index (χ1n) is 5.17. The van der Waals surface area contributed by atoms with Gasteiger partial charge in [0.2, 0.25) is 0 Å². The lowest BCUT2D eigenvalue weighted by atomic mass is 10.1. The zero-order chi connectivity index (χ0) is 11.0. The maximum Gasteiger partial charge on any atom is 0.0494 e. The molecule has 3 heteroatoms. The number of hydrogen-bond acceptors (Lipinski definition) is 1. The molecule has 1 aromatic carbocycles. The highest BCUT2D eigenvalue weighted by molar-refractivity contribution is 9.10. The number of rotatable bonds is 2. The van der Waals surface area contributed by atoms with Crippen molar-refractivity contribution in [3.8, 4) is 0 Å². The van der Waals surface area contributed by atoms with Crippen LogP contribution in [0.5, 0.6) is 0 Å². The van der Waals surface area contributed by atoms with Gasteiger partial charge in [-0.05, 0) is 31.5 Å². The second kappa shape index (κ2) is 3.99. The molecule has 15 heavy (non-hydrogen) atoms. The van der Waals surface area contributed by atoms with E-state index < -0.39 is 0 Å². The zero-order valence-corrected chi connectivity index (χ0v) is 10.6.